The first-order chi connectivity index (χ1) is 18.8. The number of hydrogen-bond acceptors (Lipinski definition) is 6. The summed E-state index contributed by atoms with van der Waals surface area (Å²) in [6.07, 6.45) is -3.75. The third-order valence-electron chi connectivity index (χ3n) is 6.76. The van der Waals surface area contributed by atoms with E-state index in [-0.39, 0.29) is 18.9 Å². The van der Waals surface area contributed by atoms with Crippen LogP contribution in [-0.4, -0.2) is 45.2 Å². The minimum absolute atomic E-state index is 0.158. The first-order valence-corrected chi connectivity index (χ1v) is 13.0. The van der Waals surface area contributed by atoms with Crippen molar-refractivity contribution in [1.29, 1.82) is 0 Å². The van der Waals surface area contributed by atoms with Gasteiger partial charge in [0, 0.05) is 16.7 Å². The van der Waals surface area contributed by atoms with Gasteiger partial charge in [-0.2, -0.15) is 23.1 Å². The molecule has 3 aromatic rings. The van der Waals surface area contributed by atoms with Crippen molar-refractivity contribution in [3.05, 3.63) is 58.6 Å². The number of carbonyl (C=O) groups excluding carboxylic acids is 1. The van der Waals surface area contributed by atoms with Gasteiger partial charge >= 0.3 is 18.2 Å². The molecule has 1 aliphatic rings. The van der Waals surface area contributed by atoms with Gasteiger partial charge in [0.2, 0.25) is 5.91 Å². The molecule has 0 spiro atoms. The molecule has 12 heteroatoms. The Labute approximate surface area is 234 Å². The molecule has 1 saturated carbocycles. The number of benzene rings is 2. The van der Waals surface area contributed by atoms with E-state index in [1.807, 2.05) is 18.2 Å². The summed E-state index contributed by atoms with van der Waals surface area (Å²) < 4.78 is 42.6. The molecular weight excluding hydrogens is 549 g/mol. The van der Waals surface area contributed by atoms with Gasteiger partial charge in [-0.3, -0.25) is 9.59 Å². The molecule has 214 valence electrons. The highest BCUT2D eigenvalue weighted by Gasteiger charge is 2.60. The third-order valence-corrected chi connectivity index (χ3v) is 7.09. The number of halogens is 4. The smallest absolute Gasteiger partial charge is 0.404 e. The zero-order valence-corrected chi connectivity index (χ0v) is 23.0. The topological polar surface area (TPSA) is 128 Å². The highest BCUT2D eigenvalue weighted by atomic mass is 35.5. The molecule has 0 aliphatic heterocycles. The Morgan fingerprint density at radius 2 is 1.68 bits per heavy atom. The highest BCUT2D eigenvalue weighted by Crippen LogP contribution is 2.49. The second-order valence-electron chi connectivity index (χ2n) is 9.75. The van der Waals surface area contributed by atoms with E-state index in [0.29, 0.717) is 53.0 Å². The van der Waals surface area contributed by atoms with Crippen molar-refractivity contribution in [2.75, 3.05) is 7.11 Å². The fraction of sp³-hybridized carbons (Fsp3) is 0.393. The first-order valence-electron chi connectivity index (χ1n) is 12.6. The van der Waals surface area contributed by atoms with Gasteiger partial charge in [0.15, 0.2) is 17.1 Å². The normalized spacial score (nSPS) is 14.7. The number of aromatic nitrogens is 3. The zero-order chi connectivity index (χ0) is 29.7. The van der Waals surface area contributed by atoms with Gasteiger partial charge in [0.1, 0.15) is 0 Å². The number of alkyl halides is 3. The van der Waals surface area contributed by atoms with E-state index in [1.165, 1.54) is 12.7 Å². The van der Waals surface area contributed by atoms with E-state index in [4.69, 9.17) is 27.2 Å². The van der Waals surface area contributed by atoms with Crippen LogP contribution in [0.4, 0.5) is 13.2 Å². The summed E-state index contributed by atoms with van der Waals surface area (Å²) in [5.74, 6) is -1.15. The van der Waals surface area contributed by atoms with Gasteiger partial charge < -0.3 is 15.6 Å². The Hall–Kier alpha value is -3.73. The number of rotatable bonds is 6. The summed E-state index contributed by atoms with van der Waals surface area (Å²) in [7, 11) is 1.48. The van der Waals surface area contributed by atoms with Crippen molar-refractivity contribution < 1.29 is 32.6 Å². The minimum Gasteiger partial charge on any atom is -0.481 e. The van der Waals surface area contributed by atoms with E-state index in [9.17, 15) is 22.8 Å². The van der Waals surface area contributed by atoms with Gasteiger partial charge in [-0.15, -0.1) is 0 Å². The van der Waals surface area contributed by atoms with Crippen LogP contribution in [0, 0.1) is 5.41 Å². The Morgan fingerprint density at radius 1 is 1.02 bits per heavy atom. The average molecular weight is 579 g/mol. The molecule has 8 nitrogen and oxygen atoms in total. The Kier molecular flexibility index (Phi) is 9.73. The van der Waals surface area contributed by atoms with Crippen LogP contribution in [0.15, 0.2) is 42.5 Å². The number of nitrogens with zero attached hydrogens (tertiary/aromatic N) is 3. The number of ether oxygens (including phenoxy) is 1. The van der Waals surface area contributed by atoms with E-state index < -0.39 is 23.5 Å². The van der Waals surface area contributed by atoms with Gasteiger partial charge in [-0.1, -0.05) is 62.9 Å². The molecule has 1 fully saturated rings. The molecule has 3 N–H and O–H groups in total. The van der Waals surface area contributed by atoms with Crippen molar-refractivity contribution in [2.24, 2.45) is 11.1 Å². The fourth-order valence-corrected chi connectivity index (χ4v) is 4.56. The summed E-state index contributed by atoms with van der Waals surface area (Å²) in [6.45, 7) is 4.24. The minimum atomic E-state index is -4.61. The van der Waals surface area contributed by atoms with Gasteiger partial charge in [-0.05, 0) is 48.6 Å². The van der Waals surface area contributed by atoms with Gasteiger partial charge in [0.05, 0.1) is 12.1 Å². The number of hydrogen-bond donors (Lipinski definition) is 2. The van der Waals surface area contributed by atoms with Crippen LogP contribution in [0.5, 0.6) is 6.01 Å². The highest BCUT2D eigenvalue weighted by molar-refractivity contribution is 6.33. The average Bonchev–Trinajstić information content (AvgIpc) is 2.93. The van der Waals surface area contributed by atoms with E-state index >= 15 is 0 Å². The largest absolute Gasteiger partial charge is 0.481 e. The maximum atomic E-state index is 12.5. The molecule has 1 heterocycles. The number of nitrogens with two attached hydrogens (primary N) is 1. The maximum absolute atomic E-state index is 12.5. The summed E-state index contributed by atoms with van der Waals surface area (Å²) in [5, 5.41) is 9.00. The molecular formula is C28H30ClF3N4O4. The van der Waals surface area contributed by atoms with Crippen LogP contribution in [0.2, 0.25) is 5.02 Å². The summed E-state index contributed by atoms with van der Waals surface area (Å²) in [4.78, 5) is 35.3. The zero-order valence-electron chi connectivity index (χ0n) is 22.3. The SMILES string of the molecule is COc1nc(-c2cccc(C(C)C)c2)nc(-c2cc(C(N)=O)ccc2Cl)n1.O=C(O)C1(C(F)(F)F)CCCCC1. The van der Waals surface area contributed by atoms with Crippen LogP contribution in [0.3, 0.4) is 0 Å². The maximum Gasteiger partial charge on any atom is 0.404 e. The molecule has 1 aromatic heterocycles. The summed E-state index contributed by atoms with van der Waals surface area (Å²) in [5.41, 5.74) is 5.71. The van der Waals surface area contributed by atoms with Crippen molar-refractivity contribution in [2.45, 2.75) is 58.0 Å². The van der Waals surface area contributed by atoms with Crippen LogP contribution >= 0.6 is 11.6 Å². The Balaban J connectivity index is 0.000000285. The number of carboxylic acids is 1. The number of carboxylic acid groups (broad SMARTS) is 1. The number of amides is 1. The standard InChI is InChI=1S/C20H19ClN4O2.C8H11F3O2/c1-11(2)12-5-4-6-14(9-12)18-23-19(25-20(24-18)27-3)15-10-13(17(22)26)7-8-16(15)21;9-8(10,11)7(6(12)13)4-2-1-3-5-7/h4-11H,1-3H3,(H2,22,26);1-5H2,(H,12,13). The van der Waals surface area contributed by atoms with Gasteiger partial charge in [0.25, 0.3) is 0 Å². The van der Waals surface area contributed by atoms with Crippen LogP contribution in [0.25, 0.3) is 22.8 Å². The second-order valence-corrected chi connectivity index (χ2v) is 10.2. The molecule has 2 aromatic carbocycles. The number of aliphatic carboxylic acids is 1. The van der Waals surface area contributed by atoms with Gasteiger partial charge in [-0.25, -0.2) is 4.98 Å². The second kappa shape index (κ2) is 12.6. The van der Waals surface area contributed by atoms with Crippen molar-refractivity contribution in [3.63, 3.8) is 0 Å². The van der Waals surface area contributed by atoms with E-state index in [2.05, 4.69) is 34.9 Å². The Morgan fingerprint density at radius 3 is 2.20 bits per heavy atom. The quantitative estimate of drug-likeness (QED) is 0.334. The van der Waals surface area contributed by atoms with Crippen molar-refractivity contribution in [1.82, 2.24) is 15.0 Å². The summed E-state index contributed by atoms with van der Waals surface area (Å²) in [6, 6.07) is 12.8. The molecule has 0 bridgehead atoms. The number of methoxy groups -OCH3 is 1. The monoisotopic (exact) mass is 578 g/mol. The lowest BCUT2D eigenvalue weighted by Crippen LogP contribution is -2.46. The molecule has 40 heavy (non-hydrogen) atoms. The predicted molar refractivity (Wildman–Crippen MR) is 144 cm³/mol. The molecule has 1 aliphatic carbocycles. The molecule has 4 rings (SSSR count). The predicted octanol–water partition coefficient (Wildman–Crippen LogP) is 6.67. The molecule has 1 amide bonds. The molecule has 0 saturated heterocycles. The Bertz CT molecular complexity index is 1380. The van der Waals surface area contributed by atoms with Crippen molar-refractivity contribution >= 4 is 23.5 Å². The molecule has 0 atom stereocenters. The summed E-state index contributed by atoms with van der Waals surface area (Å²) >= 11 is 6.30. The molecule has 0 unspecified atom stereocenters. The third kappa shape index (κ3) is 6.88. The fourth-order valence-electron chi connectivity index (χ4n) is 4.36. The van der Waals surface area contributed by atoms with Crippen LogP contribution in [-0.2, 0) is 4.79 Å². The van der Waals surface area contributed by atoms with E-state index in [1.54, 1.807) is 18.2 Å². The van der Waals surface area contributed by atoms with Crippen molar-refractivity contribution in [3.8, 4) is 28.8 Å². The number of primary amides is 1. The lowest BCUT2D eigenvalue weighted by Gasteiger charge is -2.34. The van der Waals surface area contributed by atoms with Crippen LogP contribution < -0.4 is 10.5 Å². The molecule has 0 radical (unpaired) electrons. The van der Waals surface area contributed by atoms with Crippen LogP contribution in [0.1, 0.15) is 67.8 Å². The number of carbonyl (C=O) groups is 2. The lowest BCUT2D eigenvalue weighted by molar-refractivity contribution is -0.239. The van der Waals surface area contributed by atoms with E-state index in [0.717, 1.165) is 5.56 Å². The first kappa shape index (κ1) is 30.8. The lowest BCUT2D eigenvalue weighted by atomic mass is 9.73.